The summed E-state index contributed by atoms with van der Waals surface area (Å²) < 4.78 is 0. The molecule has 2 atom stereocenters. The molecule has 1 saturated heterocycles. The molecule has 116 valence electrons. The zero-order valence-corrected chi connectivity index (χ0v) is 14.0. The molecule has 0 radical (unpaired) electrons. The van der Waals surface area contributed by atoms with Crippen molar-refractivity contribution in [2.75, 3.05) is 23.7 Å². The highest BCUT2D eigenvalue weighted by atomic mass is 32.2. The second-order valence-corrected chi connectivity index (χ2v) is 7.91. The van der Waals surface area contributed by atoms with E-state index in [2.05, 4.69) is 53.2 Å². The van der Waals surface area contributed by atoms with E-state index in [1.54, 1.807) is 0 Å². The molecule has 2 unspecified atom stereocenters. The van der Waals surface area contributed by atoms with E-state index in [0.717, 1.165) is 17.8 Å². The third kappa shape index (κ3) is 4.17. The molecule has 21 heavy (non-hydrogen) atoms. The van der Waals surface area contributed by atoms with Gasteiger partial charge >= 0.3 is 0 Å². The maximum absolute atomic E-state index is 3.75. The molecule has 0 aromatic heterocycles. The zero-order chi connectivity index (χ0) is 14.5. The number of hydrogen-bond acceptors (Lipinski definition) is 3. The summed E-state index contributed by atoms with van der Waals surface area (Å²) in [5.74, 6) is 1.26. The Balaban J connectivity index is 1.45. The second kappa shape index (κ2) is 7.55. The first-order chi connectivity index (χ1) is 10.3. The van der Waals surface area contributed by atoms with Crippen molar-refractivity contribution in [1.29, 1.82) is 0 Å². The van der Waals surface area contributed by atoms with E-state index in [1.807, 2.05) is 0 Å². The van der Waals surface area contributed by atoms with E-state index in [4.69, 9.17) is 0 Å². The van der Waals surface area contributed by atoms with Crippen molar-refractivity contribution < 1.29 is 0 Å². The molecule has 1 aliphatic carbocycles. The summed E-state index contributed by atoms with van der Waals surface area (Å²) in [4.78, 5) is 2.50. The van der Waals surface area contributed by atoms with Crippen molar-refractivity contribution in [3.05, 3.63) is 29.8 Å². The Bertz CT molecular complexity index is 425. The van der Waals surface area contributed by atoms with E-state index >= 15 is 0 Å². The highest BCUT2D eigenvalue weighted by Crippen LogP contribution is 2.30. The van der Waals surface area contributed by atoms with Gasteiger partial charge in [0, 0.05) is 36.6 Å². The topological polar surface area (TPSA) is 15.3 Å². The first kappa shape index (κ1) is 15.2. The van der Waals surface area contributed by atoms with Crippen LogP contribution in [0.15, 0.2) is 24.3 Å². The molecule has 0 amide bonds. The molecule has 1 aliphatic heterocycles. The van der Waals surface area contributed by atoms with Crippen LogP contribution in [0.5, 0.6) is 0 Å². The van der Waals surface area contributed by atoms with Gasteiger partial charge in [0.15, 0.2) is 0 Å². The summed E-state index contributed by atoms with van der Waals surface area (Å²) >= 11 is 2.13. The smallest absolute Gasteiger partial charge is 0.0366 e. The van der Waals surface area contributed by atoms with E-state index in [9.17, 15) is 0 Å². The van der Waals surface area contributed by atoms with Crippen molar-refractivity contribution in [2.24, 2.45) is 0 Å². The fraction of sp³-hybridized carbons (Fsp3) is 0.667. The van der Waals surface area contributed by atoms with Crippen LogP contribution in [0, 0.1) is 0 Å². The minimum Gasteiger partial charge on any atom is -0.372 e. The first-order valence-corrected chi connectivity index (χ1v) is 9.59. The lowest BCUT2D eigenvalue weighted by Crippen LogP contribution is -2.26. The molecule has 3 heteroatoms. The van der Waals surface area contributed by atoms with Gasteiger partial charge in [-0.05, 0) is 55.6 Å². The van der Waals surface area contributed by atoms with Crippen molar-refractivity contribution in [2.45, 2.75) is 56.9 Å². The molecule has 1 heterocycles. The lowest BCUT2D eigenvalue weighted by Gasteiger charge is -2.18. The average molecular weight is 305 g/mol. The lowest BCUT2D eigenvalue weighted by molar-refractivity contribution is 0.525. The summed E-state index contributed by atoms with van der Waals surface area (Å²) in [6.45, 7) is 5.76. The average Bonchev–Trinajstić information content (AvgIpc) is 3.18. The van der Waals surface area contributed by atoms with Crippen LogP contribution in [-0.2, 0) is 6.54 Å². The maximum Gasteiger partial charge on any atom is 0.0366 e. The molecule has 3 rings (SSSR count). The quantitative estimate of drug-likeness (QED) is 0.853. The summed E-state index contributed by atoms with van der Waals surface area (Å²) in [6.07, 6.45) is 6.79. The molecule has 1 N–H and O–H groups in total. The van der Waals surface area contributed by atoms with Crippen molar-refractivity contribution in [3.63, 3.8) is 0 Å². The van der Waals surface area contributed by atoms with Gasteiger partial charge in [0.25, 0.3) is 0 Å². The largest absolute Gasteiger partial charge is 0.372 e. The molecular formula is C18H28N2S. The fourth-order valence-electron chi connectivity index (χ4n) is 3.57. The van der Waals surface area contributed by atoms with Crippen LogP contribution in [-0.4, -0.2) is 30.1 Å². The van der Waals surface area contributed by atoms with Gasteiger partial charge < -0.3 is 10.2 Å². The molecule has 2 aliphatic rings. The third-order valence-electron chi connectivity index (χ3n) is 4.79. The number of hydrogen-bond donors (Lipinski definition) is 1. The number of nitrogens with one attached hydrogen (secondary N) is 1. The maximum atomic E-state index is 3.75. The number of rotatable bonds is 6. The van der Waals surface area contributed by atoms with E-state index in [-0.39, 0.29) is 0 Å². The number of thioether (sulfide) groups is 1. The summed E-state index contributed by atoms with van der Waals surface area (Å²) in [6, 6.07) is 9.92. The van der Waals surface area contributed by atoms with Crippen molar-refractivity contribution >= 4 is 17.4 Å². The molecule has 1 saturated carbocycles. The molecular weight excluding hydrogens is 276 g/mol. The molecule has 2 fully saturated rings. The van der Waals surface area contributed by atoms with Crippen LogP contribution in [0.1, 0.15) is 44.6 Å². The molecule has 0 spiro atoms. The van der Waals surface area contributed by atoms with Gasteiger partial charge in [-0.15, -0.1) is 0 Å². The Hall–Kier alpha value is -0.670. The molecule has 2 nitrogen and oxygen atoms in total. The summed E-state index contributed by atoms with van der Waals surface area (Å²) in [7, 11) is 0. The SMILES string of the molecule is CCSC1CCC(NCc2ccc(N3CCCC3)cc2)C1. The Kier molecular flexibility index (Phi) is 5.48. The second-order valence-electron chi connectivity index (χ2n) is 6.33. The van der Waals surface area contributed by atoms with E-state index in [1.165, 1.54) is 62.2 Å². The number of nitrogens with zero attached hydrogens (tertiary/aromatic N) is 1. The van der Waals surface area contributed by atoms with Crippen LogP contribution < -0.4 is 10.2 Å². The summed E-state index contributed by atoms with van der Waals surface area (Å²) in [5, 5.41) is 4.64. The highest BCUT2D eigenvalue weighted by Gasteiger charge is 2.23. The van der Waals surface area contributed by atoms with Crippen LogP contribution in [0.4, 0.5) is 5.69 Å². The van der Waals surface area contributed by atoms with E-state index in [0.29, 0.717) is 0 Å². The Morgan fingerprint density at radius 1 is 1.14 bits per heavy atom. The van der Waals surface area contributed by atoms with Gasteiger partial charge in [0.1, 0.15) is 0 Å². The minimum atomic E-state index is 0.729. The normalized spacial score (nSPS) is 25.7. The number of anilines is 1. The Labute approximate surface area is 133 Å². The van der Waals surface area contributed by atoms with Gasteiger partial charge in [-0.3, -0.25) is 0 Å². The van der Waals surface area contributed by atoms with Gasteiger partial charge in [-0.1, -0.05) is 19.1 Å². The van der Waals surface area contributed by atoms with E-state index < -0.39 is 0 Å². The molecule has 0 bridgehead atoms. The Morgan fingerprint density at radius 2 is 1.90 bits per heavy atom. The zero-order valence-electron chi connectivity index (χ0n) is 13.2. The predicted octanol–water partition coefficient (Wildman–Crippen LogP) is 4.05. The van der Waals surface area contributed by atoms with Gasteiger partial charge in [0.05, 0.1) is 0 Å². The molecule has 1 aromatic carbocycles. The van der Waals surface area contributed by atoms with Crippen LogP contribution >= 0.6 is 11.8 Å². The van der Waals surface area contributed by atoms with Crippen molar-refractivity contribution in [3.8, 4) is 0 Å². The lowest BCUT2D eigenvalue weighted by atomic mass is 10.1. The minimum absolute atomic E-state index is 0.729. The van der Waals surface area contributed by atoms with Crippen LogP contribution in [0.2, 0.25) is 0 Å². The molecule has 1 aromatic rings. The van der Waals surface area contributed by atoms with Gasteiger partial charge in [-0.2, -0.15) is 11.8 Å². The predicted molar refractivity (Wildman–Crippen MR) is 94.3 cm³/mol. The van der Waals surface area contributed by atoms with Gasteiger partial charge in [-0.25, -0.2) is 0 Å². The standard InChI is InChI=1S/C18H28N2S/c1-2-21-18-10-7-16(13-18)19-14-15-5-8-17(9-6-15)20-11-3-4-12-20/h5-6,8-9,16,18-19H,2-4,7,10-14H2,1H3. The highest BCUT2D eigenvalue weighted by molar-refractivity contribution is 7.99. The first-order valence-electron chi connectivity index (χ1n) is 8.54. The van der Waals surface area contributed by atoms with Crippen LogP contribution in [0.3, 0.4) is 0 Å². The van der Waals surface area contributed by atoms with Crippen LogP contribution in [0.25, 0.3) is 0 Å². The fourth-order valence-corrected chi connectivity index (χ4v) is 4.72. The van der Waals surface area contributed by atoms with Gasteiger partial charge in [0.2, 0.25) is 0 Å². The summed E-state index contributed by atoms with van der Waals surface area (Å²) in [5.41, 5.74) is 2.82. The third-order valence-corrected chi connectivity index (χ3v) is 6.02. The Morgan fingerprint density at radius 3 is 2.62 bits per heavy atom. The van der Waals surface area contributed by atoms with Crippen molar-refractivity contribution in [1.82, 2.24) is 5.32 Å². The monoisotopic (exact) mass is 304 g/mol. The number of benzene rings is 1.